The Labute approximate surface area is 198 Å². The molecule has 2 aromatic heterocycles. The largest absolute Gasteiger partial charge is 0.345 e. The monoisotopic (exact) mass is 462 g/mol. The molecule has 2 fully saturated rings. The Bertz CT molecular complexity index is 1210. The fourth-order valence-electron chi connectivity index (χ4n) is 5.99. The Kier molecular flexibility index (Phi) is 5.87. The van der Waals surface area contributed by atoms with Gasteiger partial charge in [0.05, 0.1) is 11.0 Å². The number of halogens is 2. The Morgan fingerprint density at radius 2 is 1.18 bits per heavy atom. The standard InChI is InChI=1S/C28H32F2N4/c29-21-5-7-25-19(13-23-3-1-9-31-23)17-33(27(25)15-21)11-12-34-18-20(14-24-4-2-10-32-24)26-8-6-22(30)16-28(26)34/h5-8,15-18,23-24,31-32H,1-4,9-14H2/t23-,24-/m0/s1. The molecule has 0 aliphatic carbocycles. The minimum atomic E-state index is -0.211. The minimum Gasteiger partial charge on any atom is -0.345 e. The number of nitrogens with one attached hydrogen (secondary N) is 2. The van der Waals surface area contributed by atoms with Crippen LogP contribution < -0.4 is 10.6 Å². The fraction of sp³-hybridized carbons (Fsp3) is 0.429. The lowest BCUT2D eigenvalue weighted by Gasteiger charge is -2.09. The van der Waals surface area contributed by atoms with Gasteiger partial charge >= 0.3 is 0 Å². The summed E-state index contributed by atoms with van der Waals surface area (Å²) in [5, 5.41) is 9.42. The predicted octanol–water partition coefficient (Wildman–Crippen LogP) is 5.16. The molecule has 4 heterocycles. The highest BCUT2D eigenvalue weighted by Crippen LogP contribution is 2.28. The van der Waals surface area contributed by atoms with Crippen molar-refractivity contribution < 1.29 is 8.78 Å². The molecule has 2 aromatic carbocycles. The third-order valence-electron chi connectivity index (χ3n) is 7.69. The van der Waals surface area contributed by atoms with E-state index in [4.69, 9.17) is 0 Å². The van der Waals surface area contributed by atoms with Gasteiger partial charge in [-0.15, -0.1) is 0 Å². The zero-order chi connectivity index (χ0) is 23.1. The number of hydrogen-bond donors (Lipinski definition) is 2. The normalized spacial score (nSPS) is 20.8. The third-order valence-corrected chi connectivity index (χ3v) is 7.69. The van der Waals surface area contributed by atoms with E-state index in [1.165, 1.54) is 36.8 Å². The van der Waals surface area contributed by atoms with Crippen LogP contribution in [0.1, 0.15) is 36.8 Å². The molecule has 2 saturated heterocycles. The van der Waals surface area contributed by atoms with Gasteiger partial charge in [0.1, 0.15) is 11.6 Å². The summed E-state index contributed by atoms with van der Waals surface area (Å²) in [7, 11) is 0. The second kappa shape index (κ2) is 9.16. The first-order valence-electron chi connectivity index (χ1n) is 12.7. The topological polar surface area (TPSA) is 33.9 Å². The smallest absolute Gasteiger partial charge is 0.125 e. The fourth-order valence-corrected chi connectivity index (χ4v) is 5.99. The molecule has 4 nitrogen and oxygen atoms in total. The van der Waals surface area contributed by atoms with Gasteiger partial charge in [-0.2, -0.15) is 0 Å². The molecule has 0 saturated carbocycles. The van der Waals surface area contributed by atoms with Crippen molar-refractivity contribution >= 4 is 21.8 Å². The van der Waals surface area contributed by atoms with Crippen LogP contribution in [0.2, 0.25) is 0 Å². The second-order valence-electron chi connectivity index (χ2n) is 10.0. The lowest BCUT2D eigenvalue weighted by molar-refractivity contribution is 0.583. The highest BCUT2D eigenvalue weighted by Gasteiger charge is 2.20. The molecule has 6 heteroatoms. The van der Waals surface area contributed by atoms with Gasteiger partial charge in [-0.3, -0.25) is 0 Å². The van der Waals surface area contributed by atoms with Crippen LogP contribution in [-0.2, 0) is 25.9 Å². The molecule has 2 aliphatic heterocycles. The Morgan fingerprint density at radius 3 is 1.59 bits per heavy atom. The third kappa shape index (κ3) is 4.25. The molecule has 0 amide bonds. The van der Waals surface area contributed by atoms with Crippen molar-refractivity contribution in [2.45, 2.75) is 63.7 Å². The van der Waals surface area contributed by atoms with Gasteiger partial charge in [0.15, 0.2) is 0 Å². The van der Waals surface area contributed by atoms with Crippen molar-refractivity contribution in [3.63, 3.8) is 0 Å². The van der Waals surface area contributed by atoms with E-state index in [1.54, 1.807) is 24.3 Å². The molecular formula is C28H32F2N4. The van der Waals surface area contributed by atoms with E-state index in [0.29, 0.717) is 25.2 Å². The maximum atomic E-state index is 14.2. The summed E-state index contributed by atoms with van der Waals surface area (Å²) < 4.78 is 32.7. The quantitative estimate of drug-likeness (QED) is 0.398. The molecule has 0 bridgehead atoms. The zero-order valence-electron chi connectivity index (χ0n) is 19.5. The summed E-state index contributed by atoms with van der Waals surface area (Å²) in [5.41, 5.74) is 4.41. The highest BCUT2D eigenvalue weighted by molar-refractivity contribution is 5.85. The van der Waals surface area contributed by atoms with Gasteiger partial charge in [-0.1, -0.05) is 0 Å². The molecule has 2 aliphatic rings. The van der Waals surface area contributed by atoms with Gasteiger partial charge in [0.25, 0.3) is 0 Å². The van der Waals surface area contributed by atoms with E-state index < -0.39 is 0 Å². The molecule has 6 rings (SSSR count). The van der Waals surface area contributed by atoms with E-state index in [9.17, 15) is 8.78 Å². The number of fused-ring (bicyclic) bond motifs is 2. The van der Waals surface area contributed by atoms with Crippen molar-refractivity contribution in [1.82, 2.24) is 19.8 Å². The van der Waals surface area contributed by atoms with Crippen molar-refractivity contribution in [2.75, 3.05) is 13.1 Å². The first-order valence-corrected chi connectivity index (χ1v) is 12.7. The number of aryl methyl sites for hydroxylation is 2. The van der Waals surface area contributed by atoms with Crippen LogP contribution in [0, 0.1) is 11.6 Å². The molecule has 2 N–H and O–H groups in total. The van der Waals surface area contributed by atoms with Crippen molar-refractivity contribution in [1.29, 1.82) is 0 Å². The van der Waals surface area contributed by atoms with Crippen LogP contribution in [0.25, 0.3) is 21.8 Å². The molecule has 0 unspecified atom stereocenters. The maximum absolute atomic E-state index is 14.2. The number of rotatable bonds is 7. The SMILES string of the molecule is Fc1ccc2c(C[C@@H]3CCCN3)cn(CCn3cc(C[C@@H]4CCCN4)c4ccc(F)cc43)c2c1. The van der Waals surface area contributed by atoms with Gasteiger partial charge in [-0.05, 0) is 99.1 Å². The Morgan fingerprint density at radius 1 is 0.706 bits per heavy atom. The first-order chi connectivity index (χ1) is 16.6. The van der Waals surface area contributed by atoms with Crippen molar-refractivity contribution in [3.8, 4) is 0 Å². The average Bonchev–Trinajstić information content (AvgIpc) is 3.62. The van der Waals surface area contributed by atoms with Crippen LogP contribution in [0.5, 0.6) is 0 Å². The van der Waals surface area contributed by atoms with E-state index in [-0.39, 0.29) is 11.6 Å². The Hall–Kier alpha value is -2.70. The summed E-state index contributed by atoms with van der Waals surface area (Å²) in [5.74, 6) is -0.422. The molecule has 178 valence electrons. The second-order valence-corrected chi connectivity index (χ2v) is 10.0. The lowest BCUT2D eigenvalue weighted by atomic mass is 10.0. The van der Waals surface area contributed by atoms with Gasteiger partial charge in [0, 0.05) is 48.3 Å². The zero-order valence-corrected chi connectivity index (χ0v) is 19.5. The van der Waals surface area contributed by atoms with Gasteiger partial charge < -0.3 is 19.8 Å². The number of hydrogen-bond acceptors (Lipinski definition) is 2. The molecular weight excluding hydrogens is 430 g/mol. The lowest BCUT2D eigenvalue weighted by Crippen LogP contribution is -2.23. The van der Waals surface area contributed by atoms with Crippen LogP contribution >= 0.6 is 0 Å². The number of aromatic nitrogens is 2. The van der Waals surface area contributed by atoms with Crippen LogP contribution in [-0.4, -0.2) is 34.3 Å². The van der Waals surface area contributed by atoms with Crippen LogP contribution in [0.15, 0.2) is 48.8 Å². The van der Waals surface area contributed by atoms with E-state index in [0.717, 1.165) is 47.7 Å². The summed E-state index contributed by atoms with van der Waals surface area (Å²) >= 11 is 0. The van der Waals surface area contributed by atoms with Crippen LogP contribution in [0.3, 0.4) is 0 Å². The van der Waals surface area contributed by atoms with E-state index >= 15 is 0 Å². The minimum absolute atomic E-state index is 0.211. The average molecular weight is 463 g/mol. The predicted molar refractivity (Wildman–Crippen MR) is 133 cm³/mol. The maximum Gasteiger partial charge on any atom is 0.125 e. The van der Waals surface area contributed by atoms with Gasteiger partial charge in [-0.25, -0.2) is 8.78 Å². The summed E-state index contributed by atoms with van der Waals surface area (Å²) in [6.45, 7) is 3.57. The molecule has 0 radical (unpaired) electrons. The molecule has 0 spiro atoms. The summed E-state index contributed by atoms with van der Waals surface area (Å²) in [6.07, 6.45) is 11.1. The summed E-state index contributed by atoms with van der Waals surface area (Å²) in [6, 6.07) is 11.2. The molecule has 4 aromatic rings. The van der Waals surface area contributed by atoms with Crippen molar-refractivity contribution in [2.24, 2.45) is 0 Å². The summed E-state index contributed by atoms with van der Waals surface area (Å²) in [4.78, 5) is 0. The van der Waals surface area contributed by atoms with Crippen LogP contribution in [0.4, 0.5) is 8.78 Å². The molecule has 34 heavy (non-hydrogen) atoms. The van der Waals surface area contributed by atoms with E-state index in [2.05, 4.69) is 32.2 Å². The number of benzene rings is 2. The molecule has 2 atom stereocenters. The van der Waals surface area contributed by atoms with E-state index in [1.807, 2.05) is 12.1 Å². The first kappa shape index (κ1) is 21.8. The Balaban J connectivity index is 1.30. The van der Waals surface area contributed by atoms with Gasteiger partial charge in [0.2, 0.25) is 0 Å². The number of nitrogens with zero attached hydrogens (tertiary/aromatic N) is 2. The highest BCUT2D eigenvalue weighted by atomic mass is 19.1. The van der Waals surface area contributed by atoms with Crippen molar-refractivity contribution in [3.05, 3.63) is 71.6 Å².